The highest BCUT2D eigenvalue weighted by atomic mass is 32.1. The number of nitrogens with zero attached hydrogens (tertiary/aromatic N) is 1. The number of benzene rings is 2. The van der Waals surface area contributed by atoms with E-state index in [0.717, 1.165) is 12.1 Å². The number of aromatic nitrogens is 1. The molecule has 0 unspecified atom stereocenters. The Kier molecular flexibility index (Phi) is 7.26. The molecule has 0 radical (unpaired) electrons. The first-order valence-electron chi connectivity index (χ1n) is 9.63. The standard InChI is InChI=1S/C25H29N.H2S/c1-6-7-8-21-11-17(2)12-23(15-21)22-9-10-26-25(16-22)24-13-18(3)20(5)19(4)14-24;/h9-16H,6-8H2,1-5H3;1H2. The zero-order valence-electron chi connectivity index (χ0n) is 17.2. The molecule has 1 heterocycles. The summed E-state index contributed by atoms with van der Waals surface area (Å²) in [6.45, 7) is 11.0. The van der Waals surface area contributed by atoms with Crippen molar-refractivity contribution in [2.75, 3.05) is 0 Å². The van der Waals surface area contributed by atoms with Gasteiger partial charge in [-0.05, 0) is 98.2 Å². The van der Waals surface area contributed by atoms with E-state index < -0.39 is 0 Å². The van der Waals surface area contributed by atoms with Gasteiger partial charge in [-0.15, -0.1) is 0 Å². The molecule has 3 aromatic rings. The Balaban J connectivity index is 0.00000261. The van der Waals surface area contributed by atoms with Gasteiger partial charge in [0.2, 0.25) is 0 Å². The second kappa shape index (κ2) is 9.23. The lowest BCUT2D eigenvalue weighted by molar-refractivity contribution is 0.795. The van der Waals surface area contributed by atoms with Gasteiger partial charge in [0, 0.05) is 11.8 Å². The van der Waals surface area contributed by atoms with Crippen LogP contribution in [0, 0.1) is 27.7 Å². The average molecular weight is 378 g/mol. The number of pyridine rings is 1. The minimum Gasteiger partial charge on any atom is -0.256 e. The number of unbranched alkanes of at least 4 members (excludes halogenated alkanes) is 1. The van der Waals surface area contributed by atoms with Crippen LogP contribution in [0.2, 0.25) is 0 Å². The average Bonchev–Trinajstić information content (AvgIpc) is 2.63. The van der Waals surface area contributed by atoms with Gasteiger partial charge in [-0.25, -0.2) is 0 Å². The maximum atomic E-state index is 4.64. The largest absolute Gasteiger partial charge is 0.256 e. The smallest absolute Gasteiger partial charge is 0.0708 e. The van der Waals surface area contributed by atoms with Gasteiger partial charge >= 0.3 is 0 Å². The summed E-state index contributed by atoms with van der Waals surface area (Å²) in [7, 11) is 0. The van der Waals surface area contributed by atoms with E-state index in [4.69, 9.17) is 0 Å². The molecule has 0 saturated heterocycles. The molecule has 1 aromatic heterocycles. The third kappa shape index (κ3) is 5.01. The topological polar surface area (TPSA) is 12.9 Å². The summed E-state index contributed by atoms with van der Waals surface area (Å²) < 4.78 is 0. The molecule has 0 bridgehead atoms. The van der Waals surface area contributed by atoms with Crippen LogP contribution in [0.15, 0.2) is 48.7 Å². The summed E-state index contributed by atoms with van der Waals surface area (Å²) in [6, 6.07) is 15.8. The molecular formula is C25H31NS. The van der Waals surface area contributed by atoms with E-state index in [1.54, 1.807) is 0 Å². The molecule has 27 heavy (non-hydrogen) atoms. The molecule has 2 aromatic carbocycles. The summed E-state index contributed by atoms with van der Waals surface area (Å²) in [4.78, 5) is 4.64. The Labute approximate surface area is 171 Å². The maximum Gasteiger partial charge on any atom is 0.0708 e. The lowest BCUT2D eigenvalue weighted by atomic mass is 9.95. The first-order valence-corrected chi connectivity index (χ1v) is 9.63. The molecule has 0 spiro atoms. The Morgan fingerprint density at radius 1 is 0.778 bits per heavy atom. The summed E-state index contributed by atoms with van der Waals surface area (Å²) in [5.74, 6) is 0. The lowest BCUT2D eigenvalue weighted by Crippen LogP contribution is -1.92. The summed E-state index contributed by atoms with van der Waals surface area (Å²) in [6.07, 6.45) is 5.56. The minimum atomic E-state index is 0. The van der Waals surface area contributed by atoms with Crippen molar-refractivity contribution in [1.29, 1.82) is 0 Å². The van der Waals surface area contributed by atoms with Crippen molar-refractivity contribution in [3.8, 4) is 22.4 Å². The van der Waals surface area contributed by atoms with E-state index in [1.807, 2.05) is 6.20 Å². The molecule has 1 nitrogen and oxygen atoms in total. The van der Waals surface area contributed by atoms with Crippen LogP contribution in [0.25, 0.3) is 22.4 Å². The number of hydrogen-bond acceptors (Lipinski definition) is 1. The number of aryl methyl sites for hydroxylation is 4. The fourth-order valence-electron chi connectivity index (χ4n) is 3.51. The van der Waals surface area contributed by atoms with Gasteiger partial charge in [-0.1, -0.05) is 37.1 Å². The highest BCUT2D eigenvalue weighted by Gasteiger charge is 2.08. The van der Waals surface area contributed by atoms with Crippen molar-refractivity contribution in [3.63, 3.8) is 0 Å². The van der Waals surface area contributed by atoms with Crippen LogP contribution in [0.5, 0.6) is 0 Å². The van der Waals surface area contributed by atoms with Gasteiger partial charge in [0.15, 0.2) is 0 Å². The van der Waals surface area contributed by atoms with Crippen molar-refractivity contribution in [3.05, 3.63) is 76.5 Å². The molecule has 0 aliphatic heterocycles. The summed E-state index contributed by atoms with van der Waals surface area (Å²) >= 11 is 0. The van der Waals surface area contributed by atoms with Gasteiger partial charge < -0.3 is 0 Å². The van der Waals surface area contributed by atoms with Gasteiger partial charge in [0.25, 0.3) is 0 Å². The Bertz CT molecular complexity index is 904. The van der Waals surface area contributed by atoms with Gasteiger partial charge in [-0.2, -0.15) is 13.5 Å². The second-order valence-electron chi connectivity index (χ2n) is 7.48. The summed E-state index contributed by atoms with van der Waals surface area (Å²) in [5, 5.41) is 0. The van der Waals surface area contributed by atoms with Crippen molar-refractivity contribution in [2.24, 2.45) is 0 Å². The molecule has 2 heteroatoms. The van der Waals surface area contributed by atoms with E-state index in [9.17, 15) is 0 Å². The quantitative estimate of drug-likeness (QED) is 0.462. The highest BCUT2D eigenvalue weighted by Crippen LogP contribution is 2.28. The fraction of sp³-hybridized carbons (Fsp3) is 0.320. The Hall–Kier alpha value is -2.06. The lowest BCUT2D eigenvalue weighted by Gasteiger charge is -2.11. The molecule has 0 aliphatic carbocycles. The highest BCUT2D eigenvalue weighted by molar-refractivity contribution is 7.59. The van der Waals surface area contributed by atoms with Gasteiger partial charge in [0.1, 0.15) is 0 Å². The van der Waals surface area contributed by atoms with Crippen LogP contribution >= 0.6 is 13.5 Å². The van der Waals surface area contributed by atoms with E-state index in [2.05, 4.69) is 82.1 Å². The van der Waals surface area contributed by atoms with Crippen LogP contribution in [-0.2, 0) is 6.42 Å². The third-order valence-electron chi connectivity index (χ3n) is 5.27. The zero-order chi connectivity index (χ0) is 18.7. The van der Waals surface area contributed by atoms with Crippen LogP contribution in [0.4, 0.5) is 0 Å². The minimum absolute atomic E-state index is 0. The van der Waals surface area contributed by atoms with Crippen LogP contribution in [0.3, 0.4) is 0 Å². The molecule has 0 N–H and O–H groups in total. The van der Waals surface area contributed by atoms with Crippen LogP contribution in [0.1, 0.15) is 47.6 Å². The third-order valence-corrected chi connectivity index (χ3v) is 5.27. The molecule has 0 fully saturated rings. The molecule has 0 aliphatic rings. The zero-order valence-corrected chi connectivity index (χ0v) is 18.2. The van der Waals surface area contributed by atoms with E-state index in [0.29, 0.717) is 0 Å². The van der Waals surface area contributed by atoms with Crippen LogP contribution < -0.4 is 0 Å². The van der Waals surface area contributed by atoms with E-state index in [1.165, 1.54) is 57.3 Å². The molecule has 0 saturated carbocycles. The van der Waals surface area contributed by atoms with Crippen molar-refractivity contribution in [1.82, 2.24) is 4.98 Å². The van der Waals surface area contributed by atoms with Crippen LogP contribution in [-0.4, -0.2) is 4.98 Å². The van der Waals surface area contributed by atoms with E-state index in [-0.39, 0.29) is 13.5 Å². The fourth-order valence-corrected chi connectivity index (χ4v) is 3.51. The second-order valence-corrected chi connectivity index (χ2v) is 7.48. The van der Waals surface area contributed by atoms with Gasteiger partial charge in [-0.3, -0.25) is 4.98 Å². The predicted molar refractivity (Wildman–Crippen MR) is 123 cm³/mol. The molecule has 142 valence electrons. The predicted octanol–water partition coefficient (Wildman–Crippen LogP) is 7.10. The van der Waals surface area contributed by atoms with Crippen molar-refractivity contribution < 1.29 is 0 Å². The van der Waals surface area contributed by atoms with Crippen molar-refractivity contribution in [2.45, 2.75) is 53.9 Å². The van der Waals surface area contributed by atoms with E-state index >= 15 is 0 Å². The SMILES string of the molecule is CCCCc1cc(C)cc(-c2ccnc(-c3cc(C)c(C)c(C)c3)c2)c1.S. The Morgan fingerprint density at radius 2 is 1.48 bits per heavy atom. The monoisotopic (exact) mass is 377 g/mol. The summed E-state index contributed by atoms with van der Waals surface area (Å²) in [5.41, 5.74) is 11.6. The molecule has 0 amide bonds. The number of hydrogen-bond donors (Lipinski definition) is 0. The normalized spacial score (nSPS) is 10.6. The van der Waals surface area contributed by atoms with Crippen molar-refractivity contribution >= 4 is 13.5 Å². The molecule has 0 atom stereocenters. The molecule has 3 rings (SSSR count). The first-order chi connectivity index (χ1) is 12.5. The first kappa shape index (κ1) is 21.2. The van der Waals surface area contributed by atoms with Gasteiger partial charge in [0.05, 0.1) is 5.69 Å². The molecular weight excluding hydrogens is 346 g/mol. The Morgan fingerprint density at radius 3 is 2.15 bits per heavy atom. The number of rotatable bonds is 5. The maximum absolute atomic E-state index is 4.64.